The largest absolute Gasteiger partial charge is 0.345 e. The maximum absolute atomic E-state index is 13.4. The number of amides is 1. The van der Waals surface area contributed by atoms with Gasteiger partial charge in [0, 0.05) is 12.7 Å². The molecule has 0 fully saturated rings. The fourth-order valence-corrected chi connectivity index (χ4v) is 4.22. The lowest BCUT2D eigenvalue weighted by molar-refractivity contribution is 0.0934. The Hall–Kier alpha value is -3.48. The highest BCUT2D eigenvalue weighted by atomic mass is 16.5. The SMILES string of the molecule is CCn1ccc(-c2cc(C(=O)N[C@@H]3CCCc4ccccc43)c3c(C)noc3n2)n1. The van der Waals surface area contributed by atoms with Crippen molar-refractivity contribution in [2.24, 2.45) is 0 Å². The number of carbonyl (C=O) groups excluding carboxylic acids is 1. The molecule has 1 amide bonds. The number of aromatic nitrogens is 4. The summed E-state index contributed by atoms with van der Waals surface area (Å²) < 4.78 is 7.23. The van der Waals surface area contributed by atoms with E-state index in [4.69, 9.17) is 4.52 Å². The van der Waals surface area contributed by atoms with E-state index >= 15 is 0 Å². The van der Waals surface area contributed by atoms with Crippen molar-refractivity contribution >= 4 is 17.0 Å². The second-order valence-electron chi connectivity index (χ2n) is 7.68. The molecular weight excluding hydrogens is 378 g/mol. The number of nitrogens with one attached hydrogen (secondary N) is 1. The third-order valence-corrected chi connectivity index (χ3v) is 5.76. The maximum atomic E-state index is 13.4. The van der Waals surface area contributed by atoms with Crippen LogP contribution in [0.4, 0.5) is 0 Å². The molecule has 1 aromatic carbocycles. The molecule has 1 aliphatic rings. The lowest BCUT2D eigenvalue weighted by atomic mass is 9.87. The summed E-state index contributed by atoms with van der Waals surface area (Å²) in [6, 6.07) is 12.0. The average molecular weight is 401 g/mol. The predicted molar refractivity (Wildman–Crippen MR) is 113 cm³/mol. The number of nitrogens with zero attached hydrogens (tertiary/aromatic N) is 4. The van der Waals surface area contributed by atoms with Crippen molar-refractivity contribution < 1.29 is 9.32 Å². The van der Waals surface area contributed by atoms with Gasteiger partial charge in [-0.05, 0) is 56.4 Å². The molecule has 7 heteroatoms. The summed E-state index contributed by atoms with van der Waals surface area (Å²) in [7, 11) is 0. The van der Waals surface area contributed by atoms with Crippen LogP contribution in [0.15, 0.2) is 47.1 Å². The van der Waals surface area contributed by atoms with Gasteiger partial charge in [0.25, 0.3) is 11.6 Å². The van der Waals surface area contributed by atoms with Crippen molar-refractivity contribution in [1.29, 1.82) is 0 Å². The summed E-state index contributed by atoms with van der Waals surface area (Å²) in [5.41, 5.74) is 5.32. The van der Waals surface area contributed by atoms with E-state index < -0.39 is 0 Å². The van der Waals surface area contributed by atoms with Crippen LogP contribution in [-0.4, -0.2) is 25.8 Å². The van der Waals surface area contributed by atoms with Crippen LogP contribution in [0.5, 0.6) is 0 Å². The normalized spacial score (nSPS) is 15.9. The first-order chi connectivity index (χ1) is 14.6. The fraction of sp³-hybridized carbons (Fsp3) is 0.304. The Bertz CT molecular complexity index is 1240. The van der Waals surface area contributed by atoms with Crippen LogP contribution in [0.1, 0.15) is 53.0 Å². The minimum absolute atomic E-state index is 0.00594. The van der Waals surface area contributed by atoms with Crippen molar-refractivity contribution in [1.82, 2.24) is 25.2 Å². The van der Waals surface area contributed by atoms with Gasteiger partial charge in [0.2, 0.25) is 0 Å². The molecule has 1 aliphatic carbocycles. The molecule has 152 valence electrons. The molecule has 0 saturated heterocycles. The van der Waals surface area contributed by atoms with Gasteiger partial charge in [-0.3, -0.25) is 9.48 Å². The molecule has 0 saturated carbocycles. The molecule has 0 spiro atoms. The predicted octanol–water partition coefficient (Wildman–Crippen LogP) is 4.22. The second-order valence-corrected chi connectivity index (χ2v) is 7.68. The smallest absolute Gasteiger partial charge is 0.259 e. The third-order valence-electron chi connectivity index (χ3n) is 5.76. The summed E-state index contributed by atoms with van der Waals surface area (Å²) >= 11 is 0. The van der Waals surface area contributed by atoms with Crippen molar-refractivity contribution in [3.05, 3.63) is 65.0 Å². The van der Waals surface area contributed by atoms with Crippen molar-refractivity contribution in [3.8, 4) is 11.4 Å². The van der Waals surface area contributed by atoms with Gasteiger partial charge in [-0.2, -0.15) is 5.10 Å². The third kappa shape index (κ3) is 3.16. The lowest BCUT2D eigenvalue weighted by Gasteiger charge is -2.26. The minimum atomic E-state index is -0.147. The Kier molecular flexibility index (Phi) is 4.58. The van der Waals surface area contributed by atoms with E-state index in [0.717, 1.165) is 25.8 Å². The topological polar surface area (TPSA) is 85.8 Å². The van der Waals surface area contributed by atoms with E-state index in [1.165, 1.54) is 11.1 Å². The van der Waals surface area contributed by atoms with Crippen LogP contribution >= 0.6 is 0 Å². The zero-order valence-corrected chi connectivity index (χ0v) is 17.1. The van der Waals surface area contributed by atoms with Gasteiger partial charge in [0.15, 0.2) is 0 Å². The lowest BCUT2D eigenvalue weighted by Crippen LogP contribution is -2.31. The first-order valence-corrected chi connectivity index (χ1v) is 10.3. The quantitative estimate of drug-likeness (QED) is 0.553. The molecule has 4 aromatic rings. The number of pyridine rings is 1. The highest BCUT2D eigenvalue weighted by Gasteiger charge is 2.25. The average Bonchev–Trinajstić information content (AvgIpc) is 3.40. The van der Waals surface area contributed by atoms with E-state index in [0.29, 0.717) is 33.7 Å². The van der Waals surface area contributed by atoms with E-state index in [9.17, 15) is 4.79 Å². The number of hydrogen-bond acceptors (Lipinski definition) is 5. The van der Waals surface area contributed by atoms with Crippen LogP contribution < -0.4 is 5.32 Å². The van der Waals surface area contributed by atoms with Crippen LogP contribution in [0, 0.1) is 6.92 Å². The number of carbonyl (C=O) groups is 1. The molecule has 1 atom stereocenters. The Morgan fingerprint density at radius 2 is 2.13 bits per heavy atom. The van der Waals surface area contributed by atoms with Gasteiger partial charge >= 0.3 is 0 Å². The van der Waals surface area contributed by atoms with E-state index in [1.807, 2.05) is 36.9 Å². The van der Waals surface area contributed by atoms with Gasteiger partial charge in [0.05, 0.1) is 28.4 Å². The second kappa shape index (κ2) is 7.40. The highest BCUT2D eigenvalue weighted by molar-refractivity contribution is 6.07. The molecular formula is C23H23N5O2. The van der Waals surface area contributed by atoms with Gasteiger partial charge < -0.3 is 9.84 Å². The highest BCUT2D eigenvalue weighted by Crippen LogP contribution is 2.31. The summed E-state index contributed by atoms with van der Waals surface area (Å²) in [4.78, 5) is 18.0. The first kappa shape index (κ1) is 18.5. The van der Waals surface area contributed by atoms with Crippen LogP contribution in [0.2, 0.25) is 0 Å². The molecule has 5 rings (SSSR count). The molecule has 1 N–H and O–H groups in total. The summed E-state index contributed by atoms with van der Waals surface area (Å²) in [6.07, 6.45) is 4.93. The van der Waals surface area contributed by atoms with Crippen molar-refractivity contribution in [2.45, 2.75) is 45.7 Å². The molecule has 0 unspecified atom stereocenters. The van der Waals surface area contributed by atoms with Crippen LogP contribution in [0.3, 0.4) is 0 Å². The molecule has 0 radical (unpaired) electrons. The van der Waals surface area contributed by atoms with Gasteiger partial charge in [0.1, 0.15) is 5.69 Å². The summed E-state index contributed by atoms with van der Waals surface area (Å²) in [5, 5.41) is 12.4. The Labute approximate surface area is 174 Å². The fourth-order valence-electron chi connectivity index (χ4n) is 4.22. The number of hydrogen-bond donors (Lipinski definition) is 1. The van der Waals surface area contributed by atoms with E-state index in [-0.39, 0.29) is 11.9 Å². The number of rotatable bonds is 4. The zero-order chi connectivity index (χ0) is 20.7. The Balaban J connectivity index is 1.54. The number of fused-ring (bicyclic) bond motifs is 2. The summed E-state index contributed by atoms with van der Waals surface area (Å²) in [5.74, 6) is -0.147. The first-order valence-electron chi connectivity index (χ1n) is 10.3. The van der Waals surface area contributed by atoms with Crippen LogP contribution in [-0.2, 0) is 13.0 Å². The standard InChI is InChI=1S/C23H23N5O2/c1-3-28-12-11-19(26-28)20-13-17(21-14(2)27-30-23(21)25-20)22(29)24-18-10-6-8-15-7-4-5-9-16(15)18/h4-5,7,9,11-13,18H,3,6,8,10H2,1-2H3,(H,24,29)/t18-/m1/s1. The summed E-state index contributed by atoms with van der Waals surface area (Å²) in [6.45, 7) is 4.61. The van der Waals surface area contributed by atoms with Gasteiger partial charge in [-0.15, -0.1) is 0 Å². The molecule has 30 heavy (non-hydrogen) atoms. The van der Waals surface area contributed by atoms with E-state index in [2.05, 4.69) is 38.8 Å². The Morgan fingerprint density at radius 3 is 2.97 bits per heavy atom. The van der Waals surface area contributed by atoms with Gasteiger partial charge in [-0.1, -0.05) is 29.4 Å². The van der Waals surface area contributed by atoms with Crippen molar-refractivity contribution in [3.63, 3.8) is 0 Å². The molecule has 0 aliphatic heterocycles. The number of aryl methyl sites for hydroxylation is 3. The van der Waals surface area contributed by atoms with Crippen LogP contribution in [0.25, 0.3) is 22.5 Å². The Morgan fingerprint density at radius 1 is 1.27 bits per heavy atom. The molecule has 3 heterocycles. The van der Waals surface area contributed by atoms with Crippen molar-refractivity contribution in [2.75, 3.05) is 0 Å². The molecule has 7 nitrogen and oxygen atoms in total. The maximum Gasteiger partial charge on any atom is 0.259 e. The number of benzene rings is 1. The molecule has 3 aromatic heterocycles. The minimum Gasteiger partial charge on any atom is -0.345 e. The zero-order valence-electron chi connectivity index (χ0n) is 17.1. The van der Waals surface area contributed by atoms with Gasteiger partial charge in [-0.25, -0.2) is 4.98 Å². The van der Waals surface area contributed by atoms with E-state index in [1.54, 1.807) is 6.07 Å². The monoisotopic (exact) mass is 401 g/mol. The molecule has 0 bridgehead atoms.